The first-order valence-corrected chi connectivity index (χ1v) is 7.03. The second-order valence-electron chi connectivity index (χ2n) is 6.12. The molecular formula is C16H18FN3O3. The van der Waals surface area contributed by atoms with Gasteiger partial charge in [0.2, 0.25) is 5.91 Å². The van der Waals surface area contributed by atoms with Crippen molar-refractivity contribution in [2.24, 2.45) is 0 Å². The standard InChI is InChI=1S/C16H18FN3O3/c1-9(21)18-11-7-5-6-10(17)14(11)15(22)19-13-8-12(23-20-13)16(2,3)4/h5-8H,1-4H3,(H,18,21)(H,19,20,22). The van der Waals surface area contributed by atoms with Crippen molar-refractivity contribution in [2.75, 3.05) is 10.6 Å². The molecule has 0 bridgehead atoms. The van der Waals surface area contributed by atoms with Crippen molar-refractivity contribution in [3.63, 3.8) is 0 Å². The third kappa shape index (κ3) is 3.94. The van der Waals surface area contributed by atoms with Crippen molar-refractivity contribution in [3.05, 3.63) is 41.4 Å². The number of carbonyl (C=O) groups is 2. The van der Waals surface area contributed by atoms with Gasteiger partial charge in [0.05, 0.1) is 11.3 Å². The van der Waals surface area contributed by atoms with Crippen LogP contribution in [0.3, 0.4) is 0 Å². The molecule has 6 nitrogen and oxygen atoms in total. The van der Waals surface area contributed by atoms with Crippen LogP contribution in [-0.4, -0.2) is 17.0 Å². The smallest absolute Gasteiger partial charge is 0.262 e. The number of hydrogen-bond donors (Lipinski definition) is 2. The molecule has 1 aromatic carbocycles. The molecule has 0 saturated carbocycles. The number of amides is 2. The average molecular weight is 319 g/mol. The van der Waals surface area contributed by atoms with Gasteiger partial charge in [0.1, 0.15) is 11.6 Å². The van der Waals surface area contributed by atoms with E-state index < -0.39 is 17.6 Å². The lowest BCUT2D eigenvalue weighted by molar-refractivity contribution is -0.114. The van der Waals surface area contributed by atoms with Crippen LogP contribution in [0.25, 0.3) is 0 Å². The lowest BCUT2D eigenvalue weighted by atomic mass is 9.93. The molecular weight excluding hydrogens is 301 g/mol. The number of aromatic nitrogens is 1. The highest BCUT2D eigenvalue weighted by molar-refractivity contribution is 6.09. The summed E-state index contributed by atoms with van der Waals surface area (Å²) in [6.07, 6.45) is 0. The number of nitrogens with zero attached hydrogens (tertiary/aromatic N) is 1. The summed E-state index contributed by atoms with van der Waals surface area (Å²) in [4.78, 5) is 23.5. The molecule has 0 aliphatic carbocycles. The number of carbonyl (C=O) groups excluding carboxylic acids is 2. The maximum Gasteiger partial charge on any atom is 0.262 e. The summed E-state index contributed by atoms with van der Waals surface area (Å²) >= 11 is 0. The molecule has 0 radical (unpaired) electrons. The zero-order chi connectivity index (χ0) is 17.2. The maximum absolute atomic E-state index is 14.0. The fourth-order valence-electron chi connectivity index (χ4n) is 1.92. The highest BCUT2D eigenvalue weighted by atomic mass is 19.1. The van der Waals surface area contributed by atoms with Crippen LogP contribution in [0.15, 0.2) is 28.8 Å². The Morgan fingerprint density at radius 3 is 2.48 bits per heavy atom. The van der Waals surface area contributed by atoms with Crippen molar-refractivity contribution < 1.29 is 18.5 Å². The highest BCUT2D eigenvalue weighted by Crippen LogP contribution is 2.25. The Labute approximate surface area is 133 Å². The molecule has 0 atom stereocenters. The summed E-state index contributed by atoms with van der Waals surface area (Å²) < 4.78 is 19.2. The molecule has 2 rings (SSSR count). The van der Waals surface area contributed by atoms with Crippen LogP contribution in [0.2, 0.25) is 0 Å². The third-order valence-corrected chi connectivity index (χ3v) is 3.04. The van der Waals surface area contributed by atoms with Crippen LogP contribution < -0.4 is 10.6 Å². The Morgan fingerprint density at radius 2 is 1.91 bits per heavy atom. The van der Waals surface area contributed by atoms with Gasteiger partial charge in [0.15, 0.2) is 5.82 Å². The molecule has 2 amide bonds. The van der Waals surface area contributed by atoms with Gasteiger partial charge in [-0.2, -0.15) is 0 Å². The zero-order valence-electron chi connectivity index (χ0n) is 13.4. The fraction of sp³-hybridized carbons (Fsp3) is 0.312. The molecule has 0 aliphatic rings. The summed E-state index contributed by atoms with van der Waals surface area (Å²) in [5.41, 5.74) is -0.437. The van der Waals surface area contributed by atoms with E-state index in [0.29, 0.717) is 5.76 Å². The van der Waals surface area contributed by atoms with Crippen LogP contribution in [-0.2, 0) is 10.2 Å². The van der Waals surface area contributed by atoms with Gasteiger partial charge in [-0.1, -0.05) is 32.0 Å². The topological polar surface area (TPSA) is 84.2 Å². The number of nitrogens with one attached hydrogen (secondary N) is 2. The van der Waals surface area contributed by atoms with E-state index in [2.05, 4.69) is 15.8 Å². The summed E-state index contributed by atoms with van der Waals surface area (Å²) in [6.45, 7) is 7.08. The Balaban J connectivity index is 2.27. The molecule has 0 fully saturated rings. The van der Waals surface area contributed by atoms with E-state index >= 15 is 0 Å². The van der Waals surface area contributed by atoms with E-state index in [1.807, 2.05) is 20.8 Å². The van der Waals surface area contributed by atoms with Gasteiger partial charge in [0.25, 0.3) is 5.91 Å². The lowest BCUT2D eigenvalue weighted by Gasteiger charge is -2.12. The van der Waals surface area contributed by atoms with Crippen LogP contribution in [0.4, 0.5) is 15.9 Å². The molecule has 0 aliphatic heterocycles. The predicted octanol–water partition coefficient (Wildman–Crippen LogP) is 3.32. The van der Waals surface area contributed by atoms with E-state index in [4.69, 9.17) is 4.52 Å². The van der Waals surface area contributed by atoms with Crippen LogP contribution in [0.1, 0.15) is 43.8 Å². The van der Waals surface area contributed by atoms with Gasteiger partial charge < -0.3 is 15.2 Å². The minimum Gasteiger partial charge on any atom is -0.359 e. The molecule has 122 valence electrons. The van der Waals surface area contributed by atoms with Gasteiger partial charge in [-0.05, 0) is 12.1 Å². The summed E-state index contributed by atoms with van der Waals surface area (Å²) in [6, 6.07) is 5.58. The van der Waals surface area contributed by atoms with Gasteiger partial charge >= 0.3 is 0 Å². The maximum atomic E-state index is 14.0. The summed E-state index contributed by atoms with van der Waals surface area (Å²) in [5.74, 6) is -1.10. The molecule has 2 N–H and O–H groups in total. The molecule has 0 spiro atoms. The van der Waals surface area contributed by atoms with Crippen molar-refractivity contribution >= 4 is 23.3 Å². The number of halogens is 1. The Bertz CT molecular complexity index is 747. The first-order chi connectivity index (χ1) is 10.7. The predicted molar refractivity (Wildman–Crippen MR) is 83.9 cm³/mol. The van der Waals surface area contributed by atoms with Gasteiger partial charge in [0, 0.05) is 18.4 Å². The Kier molecular flexibility index (Phi) is 4.49. The van der Waals surface area contributed by atoms with Crippen LogP contribution in [0.5, 0.6) is 0 Å². The van der Waals surface area contributed by atoms with Gasteiger partial charge in [-0.15, -0.1) is 0 Å². The monoisotopic (exact) mass is 319 g/mol. The van der Waals surface area contributed by atoms with Crippen molar-refractivity contribution in [2.45, 2.75) is 33.1 Å². The van der Waals surface area contributed by atoms with E-state index in [9.17, 15) is 14.0 Å². The fourth-order valence-corrected chi connectivity index (χ4v) is 1.92. The van der Waals surface area contributed by atoms with Crippen LogP contribution >= 0.6 is 0 Å². The minimum atomic E-state index is -0.742. The molecule has 1 heterocycles. The summed E-state index contributed by atoms with van der Waals surface area (Å²) in [7, 11) is 0. The molecule has 7 heteroatoms. The normalized spacial score (nSPS) is 11.2. The second-order valence-corrected chi connectivity index (χ2v) is 6.12. The average Bonchev–Trinajstić information content (AvgIpc) is 2.86. The largest absolute Gasteiger partial charge is 0.359 e. The Hall–Kier alpha value is -2.70. The SMILES string of the molecule is CC(=O)Nc1cccc(F)c1C(=O)Nc1cc(C(C)(C)C)on1. The zero-order valence-corrected chi connectivity index (χ0v) is 13.4. The van der Waals surface area contributed by atoms with E-state index in [-0.39, 0.29) is 22.5 Å². The number of benzene rings is 1. The number of anilines is 2. The van der Waals surface area contributed by atoms with Gasteiger partial charge in [-0.3, -0.25) is 9.59 Å². The van der Waals surface area contributed by atoms with Crippen molar-refractivity contribution in [1.29, 1.82) is 0 Å². The molecule has 23 heavy (non-hydrogen) atoms. The first-order valence-electron chi connectivity index (χ1n) is 7.03. The molecule has 0 saturated heterocycles. The van der Waals surface area contributed by atoms with Crippen molar-refractivity contribution in [3.8, 4) is 0 Å². The molecule has 2 aromatic rings. The molecule has 1 aromatic heterocycles. The number of rotatable bonds is 3. The van der Waals surface area contributed by atoms with Crippen LogP contribution in [0, 0.1) is 5.82 Å². The third-order valence-electron chi connectivity index (χ3n) is 3.04. The number of hydrogen-bond acceptors (Lipinski definition) is 4. The summed E-state index contributed by atoms with van der Waals surface area (Å²) in [5, 5.41) is 8.65. The van der Waals surface area contributed by atoms with E-state index in [0.717, 1.165) is 6.07 Å². The quantitative estimate of drug-likeness (QED) is 0.909. The van der Waals surface area contributed by atoms with Gasteiger partial charge in [-0.25, -0.2) is 4.39 Å². The lowest BCUT2D eigenvalue weighted by Crippen LogP contribution is -2.18. The first kappa shape index (κ1) is 16.7. The second kappa shape index (κ2) is 6.20. The highest BCUT2D eigenvalue weighted by Gasteiger charge is 2.22. The molecule has 0 unspecified atom stereocenters. The van der Waals surface area contributed by atoms with E-state index in [1.165, 1.54) is 19.1 Å². The Morgan fingerprint density at radius 1 is 1.22 bits per heavy atom. The van der Waals surface area contributed by atoms with E-state index in [1.54, 1.807) is 6.07 Å². The van der Waals surface area contributed by atoms with Crippen molar-refractivity contribution in [1.82, 2.24) is 5.16 Å². The minimum absolute atomic E-state index is 0.0922.